The molecule has 1 aromatic carbocycles. The fraction of sp³-hybridized carbons (Fsp3) is 0.455. The number of fused-ring (bicyclic) bond motifs is 1. The first-order chi connectivity index (χ1) is 6.20. The van der Waals surface area contributed by atoms with Crippen LogP contribution < -0.4 is 11.5 Å². The molecule has 1 aromatic rings. The summed E-state index contributed by atoms with van der Waals surface area (Å²) in [5.41, 5.74) is 16.7. The molecule has 0 radical (unpaired) electrons. The van der Waals surface area contributed by atoms with Crippen molar-refractivity contribution in [1.82, 2.24) is 0 Å². The zero-order chi connectivity index (χ0) is 9.42. The standard InChI is InChI=1S/C11H16N2/c1-7-8-3-2-4-11(13)9(8)5-6-10(7)12/h5-6,11H,2-4,12-13H2,1H3. The molecule has 0 bridgehead atoms. The lowest BCUT2D eigenvalue weighted by Gasteiger charge is -2.24. The molecule has 70 valence electrons. The minimum absolute atomic E-state index is 0.225. The van der Waals surface area contributed by atoms with Gasteiger partial charge >= 0.3 is 0 Å². The number of anilines is 1. The molecule has 1 aliphatic rings. The molecule has 0 heterocycles. The monoisotopic (exact) mass is 176 g/mol. The zero-order valence-electron chi connectivity index (χ0n) is 8.01. The summed E-state index contributed by atoms with van der Waals surface area (Å²) in [7, 11) is 0. The summed E-state index contributed by atoms with van der Waals surface area (Å²) in [5, 5.41) is 0. The van der Waals surface area contributed by atoms with Crippen molar-refractivity contribution in [2.24, 2.45) is 5.73 Å². The third-order valence-electron chi connectivity index (χ3n) is 3.02. The number of hydrogen-bond acceptors (Lipinski definition) is 2. The Morgan fingerprint density at radius 3 is 2.92 bits per heavy atom. The van der Waals surface area contributed by atoms with Crippen molar-refractivity contribution in [1.29, 1.82) is 0 Å². The first kappa shape index (κ1) is 8.57. The second-order valence-corrected chi connectivity index (χ2v) is 3.85. The molecule has 1 aliphatic carbocycles. The number of benzene rings is 1. The molecule has 4 N–H and O–H groups in total. The topological polar surface area (TPSA) is 52.0 Å². The third kappa shape index (κ3) is 1.31. The van der Waals surface area contributed by atoms with Gasteiger partial charge in [-0.25, -0.2) is 0 Å². The summed E-state index contributed by atoms with van der Waals surface area (Å²) in [6.45, 7) is 2.09. The van der Waals surface area contributed by atoms with E-state index in [0.717, 1.165) is 18.5 Å². The Kier molecular flexibility index (Phi) is 2.00. The quantitative estimate of drug-likeness (QED) is 0.593. The van der Waals surface area contributed by atoms with Gasteiger partial charge in [-0.1, -0.05) is 6.07 Å². The van der Waals surface area contributed by atoms with Crippen LogP contribution in [0.4, 0.5) is 5.69 Å². The molecule has 0 amide bonds. The first-order valence-corrected chi connectivity index (χ1v) is 4.83. The Bertz CT molecular complexity index is 331. The van der Waals surface area contributed by atoms with Crippen LogP contribution in [-0.2, 0) is 6.42 Å². The van der Waals surface area contributed by atoms with E-state index in [1.807, 2.05) is 6.07 Å². The summed E-state index contributed by atoms with van der Waals surface area (Å²) in [6.07, 6.45) is 3.44. The molecular weight excluding hydrogens is 160 g/mol. The molecule has 2 heteroatoms. The second kappa shape index (κ2) is 3.04. The Labute approximate surface area is 78.9 Å². The number of rotatable bonds is 0. The lowest BCUT2D eigenvalue weighted by molar-refractivity contribution is 0.569. The van der Waals surface area contributed by atoms with Crippen LogP contribution in [0.25, 0.3) is 0 Å². The summed E-state index contributed by atoms with van der Waals surface area (Å²) in [5.74, 6) is 0. The molecule has 0 aromatic heterocycles. The molecule has 0 fully saturated rings. The minimum atomic E-state index is 0.225. The number of nitrogens with two attached hydrogens (primary N) is 2. The van der Waals surface area contributed by atoms with Gasteiger partial charge in [-0.15, -0.1) is 0 Å². The van der Waals surface area contributed by atoms with E-state index in [2.05, 4.69) is 13.0 Å². The highest BCUT2D eigenvalue weighted by atomic mass is 14.6. The first-order valence-electron chi connectivity index (χ1n) is 4.83. The Hall–Kier alpha value is -1.02. The molecule has 0 aliphatic heterocycles. The van der Waals surface area contributed by atoms with Gasteiger partial charge in [0.25, 0.3) is 0 Å². The maximum Gasteiger partial charge on any atom is 0.0346 e. The lowest BCUT2D eigenvalue weighted by atomic mass is 9.85. The second-order valence-electron chi connectivity index (χ2n) is 3.85. The van der Waals surface area contributed by atoms with Gasteiger partial charge in [-0.05, 0) is 48.9 Å². The summed E-state index contributed by atoms with van der Waals surface area (Å²) < 4.78 is 0. The molecule has 0 spiro atoms. The van der Waals surface area contributed by atoms with Gasteiger partial charge in [0.1, 0.15) is 0 Å². The van der Waals surface area contributed by atoms with E-state index >= 15 is 0 Å². The van der Waals surface area contributed by atoms with Gasteiger partial charge in [-0.2, -0.15) is 0 Å². The van der Waals surface area contributed by atoms with E-state index < -0.39 is 0 Å². The Morgan fingerprint density at radius 1 is 1.38 bits per heavy atom. The van der Waals surface area contributed by atoms with Gasteiger partial charge in [0.15, 0.2) is 0 Å². The van der Waals surface area contributed by atoms with Crippen LogP contribution >= 0.6 is 0 Å². The minimum Gasteiger partial charge on any atom is -0.399 e. The van der Waals surface area contributed by atoms with Crippen molar-refractivity contribution in [3.05, 3.63) is 28.8 Å². The van der Waals surface area contributed by atoms with Crippen molar-refractivity contribution in [2.75, 3.05) is 5.73 Å². The highest BCUT2D eigenvalue weighted by molar-refractivity contribution is 5.54. The van der Waals surface area contributed by atoms with Crippen molar-refractivity contribution < 1.29 is 0 Å². The average molecular weight is 176 g/mol. The van der Waals surface area contributed by atoms with Crippen molar-refractivity contribution in [2.45, 2.75) is 32.2 Å². The molecule has 2 rings (SSSR count). The van der Waals surface area contributed by atoms with Gasteiger partial charge in [0, 0.05) is 11.7 Å². The molecule has 0 saturated carbocycles. The van der Waals surface area contributed by atoms with Crippen molar-refractivity contribution >= 4 is 5.69 Å². The number of nitrogen functional groups attached to an aromatic ring is 1. The van der Waals surface area contributed by atoms with Crippen LogP contribution in [0.1, 0.15) is 35.6 Å². The fourth-order valence-corrected chi connectivity index (χ4v) is 2.13. The van der Waals surface area contributed by atoms with E-state index in [1.54, 1.807) is 0 Å². The largest absolute Gasteiger partial charge is 0.399 e. The highest BCUT2D eigenvalue weighted by Gasteiger charge is 2.18. The summed E-state index contributed by atoms with van der Waals surface area (Å²) in [6, 6.07) is 4.28. The van der Waals surface area contributed by atoms with Gasteiger partial charge in [-0.3, -0.25) is 0 Å². The van der Waals surface area contributed by atoms with E-state index in [4.69, 9.17) is 11.5 Å². The smallest absolute Gasteiger partial charge is 0.0346 e. The average Bonchev–Trinajstić information content (AvgIpc) is 2.12. The molecular formula is C11H16N2. The van der Waals surface area contributed by atoms with E-state index in [1.165, 1.54) is 23.1 Å². The maximum atomic E-state index is 6.02. The maximum absolute atomic E-state index is 6.02. The normalized spacial score (nSPS) is 21.2. The zero-order valence-corrected chi connectivity index (χ0v) is 8.01. The van der Waals surface area contributed by atoms with Gasteiger partial charge in [0.2, 0.25) is 0 Å². The fourth-order valence-electron chi connectivity index (χ4n) is 2.13. The Balaban J connectivity index is 2.56. The SMILES string of the molecule is Cc1c(N)ccc2c1CCCC2N. The van der Waals surface area contributed by atoms with E-state index in [9.17, 15) is 0 Å². The van der Waals surface area contributed by atoms with Crippen LogP contribution in [0.3, 0.4) is 0 Å². The van der Waals surface area contributed by atoms with Crippen LogP contribution in [0.15, 0.2) is 12.1 Å². The molecule has 1 unspecified atom stereocenters. The highest BCUT2D eigenvalue weighted by Crippen LogP contribution is 2.32. The lowest BCUT2D eigenvalue weighted by Crippen LogP contribution is -2.18. The van der Waals surface area contributed by atoms with E-state index in [-0.39, 0.29) is 6.04 Å². The molecule has 1 atom stereocenters. The summed E-state index contributed by atoms with van der Waals surface area (Å²) in [4.78, 5) is 0. The predicted octanol–water partition coefficient (Wildman–Crippen LogP) is 1.91. The third-order valence-corrected chi connectivity index (χ3v) is 3.02. The van der Waals surface area contributed by atoms with Crippen molar-refractivity contribution in [3.8, 4) is 0 Å². The van der Waals surface area contributed by atoms with Gasteiger partial charge < -0.3 is 11.5 Å². The Morgan fingerprint density at radius 2 is 2.15 bits per heavy atom. The van der Waals surface area contributed by atoms with E-state index in [0.29, 0.717) is 0 Å². The van der Waals surface area contributed by atoms with Gasteiger partial charge in [0.05, 0.1) is 0 Å². The van der Waals surface area contributed by atoms with Crippen LogP contribution in [0.5, 0.6) is 0 Å². The molecule has 13 heavy (non-hydrogen) atoms. The van der Waals surface area contributed by atoms with Crippen LogP contribution in [-0.4, -0.2) is 0 Å². The number of hydrogen-bond donors (Lipinski definition) is 2. The van der Waals surface area contributed by atoms with Crippen LogP contribution in [0.2, 0.25) is 0 Å². The van der Waals surface area contributed by atoms with Crippen molar-refractivity contribution in [3.63, 3.8) is 0 Å². The molecule has 2 nitrogen and oxygen atoms in total. The molecule has 0 saturated heterocycles. The van der Waals surface area contributed by atoms with Crippen LogP contribution in [0, 0.1) is 6.92 Å². The summed E-state index contributed by atoms with van der Waals surface area (Å²) >= 11 is 0. The predicted molar refractivity (Wildman–Crippen MR) is 55.5 cm³/mol.